The van der Waals surface area contributed by atoms with E-state index in [-0.39, 0.29) is 11.8 Å². The second-order valence-electron chi connectivity index (χ2n) is 5.91. The maximum Gasteiger partial charge on any atom is 0.531 e. The molecule has 7 nitrogen and oxygen atoms in total. The van der Waals surface area contributed by atoms with Crippen LogP contribution in [0.5, 0.6) is 0 Å². The van der Waals surface area contributed by atoms with Gasteiger partial charge in [0.1, 0.15) is 5.73 Å². The molecule has 0 saturated carbocycles. The monoisotopic (exact) mass is 380 g/mol. The lowest BCUT2D eigenvalue weighted by Gasteiger charge is -2.36. The second-order valence-corrected chi connectivity index (χ2v) is 8.80. The Bertz CT molecular complexity index is 354. The molecule has 0 aromatic carbocycles. The molecule has 0 aromatic heterocycles. The summed E-state index contributed by atoms with van der Waals surface area (Å²) >= 11 is 0. The first-order valence-corrected chi connectivity index (χ1v) is 11.3. The van der Waals surface area contributed by atoms with Gasteiger partial charge in [-0.25, -0.2) is 0 Å². The first-order chi connectivity index (χ1) is 11.9. The minimum Gasteiger partial charge on any atom is -0.372 e. The van der Waals surface area contributed by atoms with Gasteiger partial charge in [0.05, 0.1) is 12.7 Å². The van der Waals surface area contributed by atoms with Gasteiger partial charge in [0.15, 0.2) is 6.29 Å². The van der Waals surface area contributed by atoms with Crippen LogP contribution in [0, 0.1) is 0 Å². The van der Waals surface area contributed by atoms with Gasteiger partial charge in [-0.3, -0.25) is 4.74 Å². The molecule has 0 radical (unpaired) electrons. The van der Waals surface area contributed by atoms with Crippen molar-refractivity contribution in [2.45, 2.75) is 85.4 Å². The van der Waals surface area contributed by atoms with E-state index >= 15 is 0 Å². The fourth-order valence-corrected chi connectivity index (χ4v) is 5.23. The van der Waals surface area contributed by atoms with E-state index in [1.165, 1.54) is 0 Å². The zero-order chi connectivity index (χ0) is 18.9. The highest BCUT2D eigenvalue weighted by Crippen LogP contribution is 2.31. The lowest BCUT2D eigenvalue weighted by molar-refractivity contribution is -0.388. The van der Waals surface area contributed by atoms with Crippen LogP contribution in [0.3, 0.4) is 0 Å². The summed E-state index contributed by atoms with van der Waals surface area (Å²) in [6.07, 6.45) is 0.714. The topological polar surface area (TPSA) is 64.6 Å². The van der Waals surface area contributed by atoms with Crippen LogP contribution >= 0.6 is 0 Å². The van der Waals surface area contributed by atoms with Gasteiger partial charge in [0.25, 0.3) is 5.97 Å². The van der Waals surface area contributed by atoms with Gasteiger partial charge >= 0.3 is 8.80 Å². The highest BCUT2D eigenvalue weighted by atomic mass is 28.4. The highest BCUT2D eigenvalue weighted by Gasteiger charge is 2.50. The Morgan fingerprint density at radius 2 is 1.60 bits per heavy atom. The van der Waals surface area contributed by atoms with Gasteiger partial charge in [-0.2, -0.15) is 0 Å². The molecule has 1 rings (SSSR count). The molecule has 4 unspecified atom stereocenters. The standard InChI is InChI=1S/C17H36O7Si/c1-8-16(24-17(9-2)18-13-14(6)23-17)22-15(7)25(19-10-3,20-11-4)21-12-5/h14-16H,8-13H2,1-7H3. The molecule has 1 aliphatic rings. The summed E-state index contributed by atoms with van der Waals surface area (Å²) < 4.78 is 41.5. The van der Waals surface area contributed by atoms with Crippen LogP contribution in [0.4, 0.5) is 0 Å². The van der Waals surface area contributed by atoms with Crippen molar-refractivity contribution in [2.75, 3.05) is 26.4 Å². The number of hydrogen-bond donors (Lipinski definition) is 0. The average molecular weight is 381 g/mol. The summed E-state index contributed by atoms with van der Waals surface area (Å²) in [7, 11) is -2.97. The molecule has 0 amide bonds. The molecule has 1 fully saturated rings. The van der Waals surface area contributed by atoms with E-state index in [4.69, 9.17) is 32.2 Å². The molecular formula is C17H36O7Si. The van der Waals surface area contributed by atoms with Gasteiger partial charge in [0, 0.05) is 26.2 Å². The Labute approximate surface area is 153 Å². The predicted molar refractivity (Wildman–Crippen MR) is 95.9 cm³/mol. The van der Waals surface area contributed by atoms with Crippen molar-refractivity contribution in [1.82, 2.24) is 0 Å². The maximum atomic E-state index is 6.15. The molecule has 0 aliphatic carbocycles. The van der Waals surface area contributed by atoms with Crippen LogP contribution in [-0.2, 0) is 32.2 Å². The molecule has 25 heavy (non-hydrogen) atoms. The number of ether oxygens (including phenoxy) is 4. The largest absolute Gasteiger partial charge is 0.531 e. The fourth-order valence-electron chi connectivity index (χ4n) is 2.75. The normalized spacial score (nSPS) is 26.8. The lowest BCUT2D eigenvalue weighted by Crippen LogP contribution is -2.57. The fraction of sp³-hybridized carbons (Fsp3) is 1.00. The van der Waals surface area contributed by atoms with Crippen molar-refractivity contribution < 1.29 is 32.2 Å². The third-order valence-electron chi connectivity index (χ3n) is 3.89. The molecule has 1 heterocycles. The summed E-state index contributed by atoms with van der Waals surface area (Å²) in [6.45, 7) is 15.6. The number of hydrogen-bond acceptors (Lipinski definition) is 7. The molecule has 0 spiro atoms. The van der Waals surface area contributed by atoms with Crippen molar-refractivity contribution >= 4 is 8.80 Å². The smallest absolute Gasteiger partial charge is 0.372 e. The quantitative estimate of drug-likeness (QED) is 0.359. The summed E-state index contributed by atoms with van der Waals surface area (Å²) in [6, 6.07) is 0. The van der Waals surface area contributed by atoms with Crippen molar-refractivity contribution in [3.63, 3.8) is 0 Å². The molecule has 8 heteroatoms. The highest BCUT2D eigenvalue weighted by molar-refractivity contribution is 6.62. The van der Waals surface area contributed by atoms with E-state index in [9.17, 15) is 0 Å². The van der Waals surface area contributed by atoms with Crippen molar-refractivity contribution in [3.8, 4) is 0 Å². The van der Waals surface area contributed by atoms with Crippen molar-refractivity contribution in [1.29, 1.82) is 0 Å². The SMILES string of the molecule is CCO[Si](OCC)(OCC)C(C)OC(CC)OC1(CC)OCC(C)O1. The van der Waals surface area contributed by atoms with Gasteiger partial charge in [-0.1, -0.05) is 13.8 Å². The van der Waals surface area contributed by atoms with E-state index in [0.29, 0.717) is 39.3 Å². The zero-order valence-corrected chi connectivity index (χ0v) is 17.8. The number of rotatable bonds is 13. The first kappa shape index (κ1) is 23.0. The maximum absolute atomic E-state index is 6.15. The molecule has 1 aliphatic heterocycles. The summed E-state index contributed by atoms with van der Waals surface area (Å²) in [5, 5.41) is 0. The second kappa shape index (κ2) is 10.9. The average Bonchev–Trinajstić information content (AvgIpc) is 2.96. The van der Waals surface area contributed by atoms with Crippen LogP contribution in [-0.4, -0.2) is 59.3 Å². The van der Waals surface area contributed by atoms with Crippen molar-refractivity contribution in [3.05, 3.63) is 0 Å². The molecule has 0 bridgehead atoms. The van der Waals surface area contributed by atoms with Gasteiger partial charge in [-0.05, 0) is 41.0 Å². The van der Waals surface area contributed by atoms with Crippen LogP contribution < -0.4 is 0 Å². The predicted octanol–water partition coefficient (Wildman–Crippen LogP) is 3.23. The first-order valence-electron chi connectivity index (χ1n) is 9.47. The van der Waals surface area contributed by atoms with E-state index in [1.54, 1.807) is 0 Å². The van der Waals surface area contributed by atoms with Gasteiger partial charge in [0.2, 0.25) is 0 Å². The Morgan fingerprint density at radius 3 is 1.96 bits per heavy atom. The Balaban J connectivity index is 2.82. The molecular weight excluding hydrogens is 344 g/mol. The third kappa shape index (κ3) is 6.25. The molecule has 0 N–H and O–H groups in total. The van der Waals surface area contributed by atoms with Gasteiger partial charge < -0.3 is 27.5 Å². The summed E-state index contributed by atoms with van der Waals surface area (Å²) in [5.41, 5.74) is -0.370. The Kier molecular flexibility index (Phi) is 10.0. The van der Waals surface area contributed by atoms with E-state index < -0.39 is 21.1 Å². The van der Waals surface area contributed by atoms with E-state index in [2.05, 4.69) is 0 Å². The molecule has 0 aromatic rings. The lowest BCUT2D eigenvalue weighted by atomic mass is 10.4. The molecule has 4 atom stereocenters. The minimum atomic E-state index is -2.97. The van der Waals surface area contributed by atoms with Crippen LogP contribution in [0.15, 0.2) is 0 Å². The summed E-state index contributed by atoms with van der Waals surface area (Å²) in [5.74, 6) is -1.05. The van der Waals surface area contributed by atoms with Crippen LogP contribution in [0.2, 0.25) is 0 Å². The molecule has 1 saturated heterocycles. The van der Waals surface area contributed by atoms with E-state index in [0.717, 1.165) is 0 Å². The Morgan fingerprint density at radius 1 is 1.04 bits per heavy atom. The van der Waals surface area contributed by atoms with Crippen LogP contribution in [0.25, 0.3) is 0 Å². The van der Waals surface area contributed by atoms with E-state index in [1.807, 2.05) is 48.5 Å². The zero-order valence-electron chi connectivity index (χ0n) is 16.8. The summed E-state index contributed by atoms with van der Waals surface area (Å²) in [4.78, 5) is 0. The third-order valence-corrected chi connectivity index (χ3v) is 7.09. The minimum absolute atomic E-state index is 0.00128. The van der Waals surface area contributed by atoms with Crippen molar-refractivity contribution in [2.24, 2.45) is 0 Å². The Hall–Kier alpha value is -0.0631. The van der Waals surface area contributed by atoms with Crippen LogP contribution in [0.1, 0.15) is 61.3 Å². The van der Waals surface area contributed by atoms with Gasteiger partial charge in [-0.15, -0.1) is 0 Å². The molecule has 150 valence electrons.